The fourth-order valence-corrected chi connectivity index (χ4v) is 3.62. The molecular weight excluding hydrogens is 464 g/mol. The Balaban J connectivity index is 2.48. The van der Waals surface area contributed by atoms with Gasteiger partial charge in [0, 0.05) is 5.56 Å². The van der Waals surface area contributed by atoms with Gasteiger partial charge in [0.05, 0.1) is 11.5 Å². The molecule has 2 rings (SSSR count). The molecule has 0 heterocycles. The van der Waals surface area contributed by atoms with Crippen molar-refractivity contribution in [2.45, 2.75) is 40.2 Å². The Kier molecular flexibility index (Phi) is 8.84. The molecule has 0 aliphatic carbocycles. The standard InChI is InChI=1S/C23H26N2O6S2/c1-5-19(25-33(29)30)15-8-11-17(18(12-15)21(32)24-13-20(26)27)14-6-9-16(10-7-14)31-22(28)23(2,3)4/h6-12,19H,5,13H2,1-4H3,(H,24,32)(H,26,27). The van der Waals surface area contributed by atoms with Crippen molar-refractivity contribution >= 4 is 39.6 Å². The monoisotopic (exact) mass is 490 g/mol. The van der Waals surface area contributed by atoms with E-state index in [2.05, 4.69) is 9.68 Å². The molecule has 0 aliphatic heterocycles. The molecule has 0 saturated heterocycles. The first-order chi connectivity index (χ1) is 15.4. The van der Waals surface area contributed by atoms with Crippen LogP contribution in [0.3, 0.4) is 0 Å². The van der Waals surface area contributed by atoms with Gasteiger partial charge in [-0.1, -0.05) is 43.4 Å². The number of carboxylic acid groups (broad SMARTS) is 1. The molecule has 0 aliphatic rings. The molecule has 0 amide bonds. The molecule has 0 bridgehead atoms. The summed E-state index contributed by atoms with van der Waals surface area (Å²) < 4.78 is 31.3. The Bertz CT molecular complexity index is 1170. The highest BCUT2D eigenvalue weighted by Crippen LogP contribution is 2.31. The van der Waals surface area contributed by atoms with E-state index in [-0.39, 0.29) is 17.5 Å². The highest BCUT2D eigenvalue weighted by atomic mass is 32.2. The quantitative estimate of drug-likeness (QED) is 0.321. The van der Waals surface area contributed by atoms with Crippen molar-refractivity contribution < 1.29 is 27.9 Å². The van der Waals surface area contributed by atoms with E-state index in [1.807, 2.05) is 6.92 Å². The molecule has 2 aromatic rings. The maximum absolute atomic E-state index is 12.1. The summed E-state index contributed by atoms with van der Waals surface area (Å²) in [5.41, 5.74) is 1.99. The number of hydrogen-bond donors (Lipinski definition) is 2. The zero-order valence-electron chi connectivity index (χ0n) is 18.8. The van der Waals surface area contributed by atoms with Crippen LogP contribution >= 0.6 is 12.2 Å². The summed E-state index contributed by atoms with van der Waals surface area (Å²) in [5.74, 6) is -1.03. The molecule has 0 spiro atoms. The van der Waals surface area contributed by atoms with Crippen LogP contribution in [-0.2, 0) is 20.1 Å². The zero-order valence-corrected chi connectivity index (χ0v) is 20.4. The average molecular weight is 491 g/mol. The molecule has 33 heavy (non-hydrogen) atoms. The average Bonchev–Trinajstić information content (AvgIpc) is 2.75. The number of rotatable bonds is 8. The van der Waals surface area contributed by atoms with Crippen LogP contribution in [0.25, 0.3) is 11.1 Å². The lowest BCUT2D eigenvalue weighted by atomic mass is 9.94. The highest BCUT2D eigenvalue weighted by molar-refractivity contribution is 7.80. The van der Waals surface area contributed by atoms with E-state index in [1.54, 1.807) is 63.2 Å². The number of benzene rings is 2. The lowest BCUT2D eigenvalue weighted by Gasteiger charge is -2.17. The van der Waals surface area contributed by atoms with Gasteiger partial charge in [0.15, 0.2) is 0 Å². The third-order valence-corrected chi connectivity index (χ3v) is 5.45. The van der Waals surface area contributed by atoms with Gasteiger partial charge in [0.2, 0.25) is 0 Å². The molecule has 176 valence electrons. The summed E-state index contributed by atoms with van der Waals surface area (Å²) in [4.78, 5) is 23.3. The van der Waals surface area contributed by atoms with E-state index in [1.165, 1.54) is 0 Å². The van der Waals surface area contributed by atoms with Gasteiger partial charge >= 0.3 is 22.4 Å². The second-order valence-electron chi connectivity index (χ2n) is 8.29. The Morgan fingerprint density at radius 1 is 1.15 bits per heavy atom. The molecule has 0 radical (unpaired) electrons. The van der Waals surface area contributed by atoms with E-state index in [4.69, 9.17) is 22.1 Å². The molecule has 2 aromatic carbocycles. The molecule has 1 unspecified atom stereocenters. The summed E-state index contributed by atoms with van der Waals surface area (Å²) in [6.07, 6.45) is 0.454. The Morgan fingerprint density at radius 2 is 1.79 bits per heavy atom. The topological polar surface area (TPSA) is 122 Å². The van der Waals surface area contributed by atoms with Gasteiger partial charge in [0.25, 0.3) is 0 Å². The molecule has 10 heteroatoms. The van der Waals surface area contributed by atoms with Crippen molar-refractivity contribution in [2.75, 3.05) is 6.54 Å². The molecule has 8 nitrogen and oxygen atoms in total. The minimum Gasteiger partial charge on any atom is -0.480 e. The Hall–Kier alpha value is -3.11. The maximum atomic E-state index is 12.1. The molecule has 0 saturated carbocycles. The van der Waals surface area contributed by atoms with E-state index >= 15 is 0 Å². The van der Waals surface area contributed by atoms with E-state index in [0.29, 0.717) is 28.9 Å². The highest BCUT2D eigenvalue weighted by Gasteiger charge is 2.23. The van der Waals surface area contributed by atoms with Crippen molar-refractivity contribution in [1.82, 2.24) is 5.32 Å². The molecular formula is C23H26N2O6S2. The number of esters is 1. The van der Waals surface area contributed by atoms with E-state index < -0.39 is 27.9 Å². The number of carbonyl (C=O) groups is 2. The first kappa shape index (κ1) is 26.1. The third kappa shape index (κ3) is 7.47. The fourth-order valence-electron chi connectivity index (χ4n) is 2.90. The SMILES string of the molecule is CCC(N=S(=O)=O)c1ccc(-c2ccc(OC(=O)C(C)(C)C)cc2)c(C(=S)NCC(=O)O)c1. The first-order valence-electron chi connectivity index (χ1n) is 10.2. The van der Waals surface area contributed by atoms with Crippen LogP contribution in [-0.4, -0.2) is 37.0 Å². The van der Waals surface area contributed by atoms with Gasteiger partial charge < -0.3 is 15.2 Å². The predicted octanol–water partition coefficient (Wildman–Crippen LogP) is 4.17. The van der Waals surface area contributed by atoms with Crippen LogP contribution in [0.5, 0.6) is 5.75 Å². The second kappa shape index (κ2) is 11.2. The van der Waals surface area contributed by atoms with Gasteiger partial charge in [-0.15, -0.1) is 0 Å². The van der Waals surface area contributed by atoms with Crippen LogP contribution in [0.1, 0.15) is 51.3 Å². The summed E-state index contributed by atoms with van der Waals surface area (Å²) in [7, 11) is -2.57. The summed E-state index contributed by atoms with van der Waals surface area (Å²) in [6.45, 7) is 6.74. The summed E-state index contributed by atoms with van der Waals surface area (Å²) in [5, 5.41) is 11.7. The van der Waals surface area contributed by atoms with Crippen molar-refractivity contribution in [3.05, 3.63) is 53.6 Å². The maximum Gasteiger partial charge on any atom is 0.322 e. The lowest BCUT2D eigenvalue weighted by Crippen LogP contribution is -2.29. The molecule has 0 aromatic heterocycles. The number of aliphatic carboxylic acids is 1. The second-order valence-corrected chi connectivity index (χ2v) is 9.35. The molecule has 0 fully saturated rings. The van der Waals surface area contributed by atoms with Gasteiger partial charge in [-0.3, -0.25) is 9.59 Å². The number of carboxylic acids is 1. The lowest BCUT2D eigenvalue weighted by molar-refractivity contribution is -0.143. The number of thiocarbonyl (C=S) groups is 1. The Labute approximate surface area is 199 Å². The number of nitrogens with one attached hydrogen (secondary N) is 1. The number of nitrogens with zero attached hydrogens (tertiary/aromatic N) is 1. The smallest absolute Gasteiger partial charge is 0.322 e. The van der Waals surface area contributed by atoms with Crippen LogP contribution < -0.4 is 10.1 Å². The van der Waals surface area contributed by atoms with Crippen LogP contribution in [0.15, 0.2) is 46.8 Å². The van der Waals surface area contributed by atoms with Gasteiger partial charge in [-0.25, -0.2) is 0 Å². The van der Waals surface area contributed by atoms with Crippen molar-refractivity contribution in [1.29, 1.82) is 0 Å². The van der Waals surface area contributed by atoms with Crippen molar-refractivity contribution in [3.63, 3.8) is 0 Å². The van der Waals surface area contributed by atoms with Crippen molar-refractivity contribution in [3.8, 4) is 16.9 Å². The number of carbonyl (C=O) groups excluding carboxylic acids is 1. The minimum atomic E-state index is -2.57. The predicted molar refractivity (Wildman–Crippen MR) is 129 cm³/mol. The van der Waals surface area contributed by atoms with Gasteiger partial charge in [0.1, 0.15) is 17.3 Å². The summed E-state index contributed by atoms with van der Waals surface area (Å²) in [6, 6.07) is 11.5. The van der Waals surface area contributed by atoms with Crippen LogP contribution in [0, 0.1) is 5.41 Å². The van der Waals surface area contributed by atoms with Crippen molar-refractivity contribution in [2.24, 2.45) is 9.78 Å². The van der Waals surface area contributed by atoms with Crippen LogP contribution in [0.4, 0.5) is 0 Å². The molecule has 2 N–H and O–H groups in total. The largest absolute Gasteiger partial charge is 0.480 e. The zero-order chi connectivity index (χ0) is 24.8. The summed E-state index contributed by atoms with van der Waals surface area (Å²) >= 11 is 5.42. The van der Waals surface area contributed by atoms with Gasteiger partial charge in [-0.05, 0) is 62.1 Å². The number of hydrogen-bond acceptors (Lipinski definition) is 7. The van der Waals surface area contributed by atoms with Gasteiger partial charge in [-0.2, -0.15) is 12.8 Å². The van der Waals surface area contributed by atoms with Crippen LogP contribution in [0.2, 0.25) is 0 Å². The number of ether oxygens (including phenoxy) is 1. The minimum absolute atomic E-state index is 0.204. The Morgan fingerprint density at radius 3 is 2.30 bits per heavy atom. The van der Waals surface area contributed by atoms with E-state index in [0.717, 1.165) is 5.56 Å². The molecule has 1 atom stereocenters. The fraction of sp³-hybridized carbons (Fsp3) is 0.348. The normalized spacial score (nSPS) is 11.9. The van der Waals surface area contributed by atoms with E-state index in [9.17, 15) is 18.0 Å². The first-order valence-corrected chi connectivity index (χ1v) is 11.6. The third-order valence-electron chi connectivity index (χ3n) is 4.66.